The molecule has 2 aromatic carbocycles. The van der Waals surface area contributed by atoms with Gasteiger partial charge in [-0.1, -0.05) is 31.5 Å². The predicted octanol–water partition coefficient (Wildman–Crippen LogP) is 7.51. The van der Waals surface area contributed by atoms with Crippen LogP contribution in [0.1, 0.15) is 48.4 Å². The van der Waals surface area contributed by atoms with E-state index in [1.807, 2.05) is 24.8 Å². The maximum Gasteiger partial charge on any atom is 0.573 e. The van der Waals surface area contributed by atoms with Crippen molar-refractivity contribution < 1.29 is 27.1 Å². The third-order valence-electron chi connectivity index (χ3n) is 7.60. The second-order valence-corrected chi connectivity index (χ2v) is 10.7. The third-order valence-corrected chi connectivity index (χ3v) is 7.83. The number of carbonyl (C=O) groups is 1. The Morgan fingerprint density at radius 1 is 1.07 bits per heavy atom. The van der Waals surface area contributed by atoms with Crippen LogP contribution in [0.25, 0.3) is 5.65 Å². The van der Waals surface area contributed by atoms with Gasteiger partial charge < -0.3 is 14.5 Å². The average molecular weight is 603 g/mol. The molecule has 11 heteroatoms. The van der Waals surface area contributed by atoms with Crippen molar-refractivity contribution in [1.29, 1.82) is 0 Å². The molecule has 5 rings (SSSR count). The van der Waals surface area contributed by atoms with E-state index in [4.69, 9.17) is 11.6 Å². The highest BCUT2D eigenvalue weighted by Gasteiger charge is 2.32. The van der Waals surface area contributed by atoms with Crippen molar-refractivity contribution in [2.45, 2.75) is 51.9 Å². The molecule has 0 aliphatic carbocycles. The second kappa shape index (κ2) is 12.2. The Hall–Kier alpha value is -3.79. The fourth-order valence-electron chi connectivity index (χ4n) is 5.55. The number of ketones is 1. The maximum atomic E-state index is 15.4. The number of hydrogen-bond donors (Lipinski definition) is 0. The van der Waals surface area contributed by atoms with Crippen LogP contribution in [0.4, 0.5) is 28.9 Å². The summed E-state index contributed by atoms with van der Waals surface area (Å²) in [5.74, 6) is -0.700. The second-order valence-electron chi connectivity index (χ2n) is 10.3. The van der Waals surface area contributed by atoms with Crippen molar-refractivity contribution in [1.82, 2.24) is 9.38 Å². The molecule has 0 radical (unpaired) electrons. The van der Waals surface area contributed by atoms with Crippen molar-refractivity contribution in [3.63, 3.8) is 0 Å². The van der Waals surface area contributed by atoms with Gasteiger partial charge >= 0.3 is 6.36 Å². The number of Topliss-reactive ketones (excluding diaryl/α,β-unsaturated/α-hetero) is 1. The van der Waals surface area contributed by atoms with Gasteiger partial charge in [-0.25, -0.2) is 9.37 Å². The SMILES string of the molecule is CCc1nc2ccc(Cl)cn2c1C(=O)CCc1ccc(N2CCN(c3ccc(OC(F)(F)F)cc3)[C@@H](CC)C2)c(F)c1. The molecule has 0 N–H and O–H groups in total. The van der Waals surface area contributed by atoms with Gasteiger partial charge in [0.2, 0.25) is 0 Å². The van der Waals surface area contributed by atoms with Gasteiger partial charge in [0.1, 0.15) is 22.9 Å². The first kappa shape index (κ1) is 29.7. The third kappa shape index (κ3) is 6.48. The van der Waals surface area contributed by atoms with Crippen LogP contribution in [-0.2, 0) is 12.8 Å². The molecule has 4 aromatic rings. The highest BCUT2D eigenvalue weighted by Crippen LogP contribution is 2.30. The van der Waals surface area contributed by atoms with E-state index >= 15 is 4.39 Å². The topological polar surface area (TPSA) is 50.1 Å². The van der Waals surface area contributed by atoms with Crippen LogP contribution >= 0.6 is 11.6 Å². The van der Waals surface area contributed by atoms with Gasteiger partial charge in [-0.15, -0.1) is 13.2 Å². The van der Waals surface area contributed by atoms with E-state index in [0.29, 0.717) is 60.2 Å². The first-order valence-electron chi connectivity index (χ1n) is 13.9. The fraction of sp³-hybridized carbons (Fsp3) is 0.355. The number of alkyl halides is 3. The minimum absolute atomic E-state index is 0.0385. The summed E-state index contributed by atoms with van der Waals surface area (Å²) in [5.41, 5.74) is 3.88. The molecule has 1 fully saturated rings. The number of pyridine rings is 1. The van der Waals surface area contributed by atoms with Gasteiger partial charge in [-0.2, -0.15) is 0 Å². The van der Waals surface area contributed by atoms with Crippen LogP contribution in [0.2, 0.25) is 5.02 Å². The number of ether oxygens (including phenoxy) is 1. The van der Waals surface area contributed by atoms with E-state index in [2.05, 4.69) is 14.6 Å². The van der Waals surface area contributed by atoms with Crippen LogP contribution in [0.5, 0.6) is 5.75 Å². The van der Waals surface area contributed by atoms with Crippen LogP contribution in [0.3, 0.4) is 0 Å². The number of anilines is 2. The molecular formula is C31H31ClF4N4O2. The number of fused-ring (bicyclic) bond motifs is 1. The number of aryl methyl sites for hydroxylation is 2. The molecule has 6 nitrogen and oxygen atoms in total. The van der Waals surface area contributed by atoms with Gasteiger partial charge in [-0.3, -0.25) is 9.20 Å². The monoisotopic (exact) mass is 602 g/mol. The van der Waals surface area contributed by atoms with Crippen molar-refractivity contribution >= 4 is 34.4 Å². The Bertz CT molecular complexity index is 1570. The molecule has 222 valence electrons. The number of aromatic nitrogens is 2. The summed E-state index contributed by atoms with van der Waals surface area (Å²) in [5, 5.41) is 0.508. The number of nitrogens with zero attached hydrogens (tertiary/aromatic N) is 4. The number of hydrogen-bond acceptors (Lipinski definition) is 5. The van der Waals surface area contributed by atoms with E-state index in [0.717, 1.165) is 17.7 Å². The van der Waals surface area contributed by atoms with Gasteiger partial charge in [0.05, 0.1) is 16.4 Å². The predicted molar refractivity (Wildman–Crippen MR) is 155 cm³/mol. The Labute approximate surface area is 246 Å². The van der Waals surface area contributed by atoms with Gasteiger partial charge in [0.25, 0.3) is 0 Å². The van der Waals surface area contributed by atoms with Crippen molar-refractivity contribution in [2.75, 3.05) is 29.4 Å². The zero-order valence-electron chi connectivity index (χ0n) is 23.3. The van der Waals surface area contributed by atoms with Gasteiger partial charge in [-0.05, 0) is 73.4 Å². The molecule has 42 heavy (non-hydrogen) atoms. The summed E-state index contributed by atoms with van der Waals surface area (Å²) >= 11 is 6.15. The van der Waals surface area contributed by atoms with E-state index in [-0.39, 0.29) is 29.8 Å². The summed E-state index contributed by atoms with van der Waals surface area (Å²) in [6, 6.07) is 14.5. The highest BCUT2D eigenvalue weighted by molar-refractivity contribution is 6.30. The van der Waals surface area contributed by atoms with Crippen LogP contribution in [-0.4, -0.2) is 47.2 Å². The lowest BCUT2D eigenvalue weighted by Gasteiger charge is -2.43. The fourth-order valence-corrected chi connectivity index (χ4v) is 5.71. The molecule has 1 aliphatic heterocycles. The average Bonchev–Trinajstić information content (AvgIpc) is 3.33. The first-order chi connectivity index (χ1) is 20.1. The quantitative estimate of drug-likeness (QED) is 0.147. The lowest BCUT2D eigenvalue weighted by Crippen LogP contribution is -2.53. The molecule has 1 atom stereocenters. The summed E-state index contributed by atoms with van der Waals surface area (Å²) in [6.07, 6.45) is -1.09. The van der Waals surface area contributed by atoms with Crippen molar-refractivity contribution in [3.05, 3.63) is 88.6 Å². The number of benzene rings is 2. The molecule has 0 bridgehead atoms. The molecule has 0 saturated carbocycles. The van der Waals surface area contributed by atoms with E-state index in [1.54, 1.807) is 40.9 Å². The Kier molecular flexibility index (Phi) is 8.63. The van der Waals surface area contributed by atoms with Crippen molar-refractivity contribution in [2.24, 2.45) is 0 Å². The summed E-state index contributed by atoms with van der Waals surface area (Å²) in [7, 11) is 0. The standard InChI is InChI=1S/C31H31ClF4N4O2/c1-3-22-19-38(15-16-39(22)23-8-10-24(11-9-23)42-31(34,35)36)27-12-5-20(17-25(27)33)6-13-28(41)30-26(4-2)37-29-14-7-21(32)18-40(29)30/h5,7-12,14,17-18,22H,3-4,6,13,15-16,19H2,1-2H3/t22-/m0/s1. The number of carbonyl (C=O) groups excluding carboxylic acids is 1. The number of rotatable bonds is 9. The maximum absolute atomic E-state index is 15.4. The molecule has 3 heterocycles. The lowest BCUT2D eigenvalue weighted by atomic mass is 10.0. The summed E-state index contributed by atoms with van der Waals surface area (Å²) in [4.78, 5) is 21.9. The number of piperazine rings is 1. The van der Waals surface area contributed by atoms with E-state index in [1.165, 1.54) is 18.2 Å². The molecule has 1 aliphatic rings. The summed E-state index contributed by atoms with van der Waals surface area (Å²) in [6.45, 7) is 5.66. The van der Waals surface area contributed by atoms with Crippen LogP contribution in [0, 0.1) is 5.82 Å². The lowest BCUT2D eigenvalue weighted by molar-refractivity contribution is -0.274. The normalized spacial score (nSPS) is 15.8. The summed E-state index contributed by atoms with van der Waals surface area (Å²) < 4.78 is 58.6. The van der Waals surface area contributed by atoms with Gasteiger partial charge in [0, 0.05) is 44.0 Å². The number of halogens is 5. The zero-order chi connectivity index (χ0) is 30.0. The molecule has 0 unspecified atom stereocenters. The first-order valence-corrected chi connectivity index (χ1v) is 14.3. The minimum Gasteiger partial charge on any atom is -0.406 e. The van der Waals surface area contributed by atoms with E-state index < -0.39 is 6.36 Å². The smallest absolute Gasteiger partial charge is 0.406 e. The Morgan fingerprint density at radius 3 is 2.50 bits per heavy atom. The molecular weight excluding hydrogens is 572 g/mol. The Morgan fingerprint density at radius 2 is 1.83 bits per heavy atom. The number of imidazole rings is 1. The largest absolute Gasteiger partial charge is 0.573 e. The highest BCUT2D eigenvalue weighted by atomic mass is 35.5. The van der Waals surface area contributed by atoms with Crippen LogP contribution < -0.4 is 14.5 Å². The molecule has 0 spiro atoms. The Balaban J connectivity index is 1.24. The zero-order valence-corrected chi connectivity index (χ0v) is 24.1. The van der Waals surface area contributed by atoms with Crippen LogP contribution in [0.15, 0.2) is 60.8 Å². The molecule has 2 aromatic heterocycles. The molecule has 1 saturated heterocycles. The van der Waals surface area contributed by atoms with Crippen molar-refractivity contribution in [3.8, 4) is 5.75 Å². The molecule has 0 amide bonds. The minimum atomic E-state index is -4.74. The van der Waals surface area contributed by atoms with E-state index in [9.17, 15) is 18.0 Å². The van der Waals surface area contributed by atoms with Gasteiger partial charge in [0.15, 0.2) is 5.78 Å².